The molecule has 0 aliphatic carbocycles. The van der Waals surface area contributed by atoms with E-state index < -0.39 is 10.0 Å². The number of nitrogens with one attached hydrogen (secondary N) is 2. The maximum Gasteiger partial charge on any atom is 0.251 e. The fraction of sp³-hybridized carbons (Fsp3) is 0.278. The Hall–Kier alpha value is -2.38. The van der Waals surface area contributed by atoms with E-state index in [0.717, 1.165) is 23.9 Å². The molecule has 0 heterocycles. The van der Waals surface area contributed by atoms with Crippen molar-refractivity contribution >= 4 is 21.6 Å². The zero-order valence-corrected chi connectivity index (χ0v) is 15.4. The van der Waals surface area contributed by atoms with Crippen molar-refractivity contribution in [3.05, 3.63) is 65.2 Å². The molecule has 0 aliphatic rings. The quantitative estimate of drug-likeness (QED) is 0.791. The fourth-order valence-corrected chi connectivity index (χ4v) is 3.00. The van der Waals surface area contributed by atoms with Gasteiger partial charge in [0.05, 0.1) is 6.26 Å². The van der Waals surface area contributed by atoms with Gasteiger partial charge in [0.15, 0.2) is 0 Å². The molecule has 1 amide bonds. The minimum atomic E-state index is -3.38. The van der Waals surface area contributed by atoms with Gasteiger partial charge in [-0.2, -0.15) is 0 Å². The van der Waals surface area contributed by atoms with Crippen LogP contribution in [-0.2, 0) is 23.1 Å². The molecule has 7 heteroatoms. The van der Waals surface area contributed by atoms with E-state index in [1.165, 1.54) is 6.07 Å². The van der Waals surface area contributed by atoms with Gasteiger partial charge in [-0.25, -0.2) is 8.42 Å². The highest BCUT2D eigenvalue weighted by molar-refractivity contribution is 7.92. The second-order valence-corrected chi connectivity index (χ2v) is 7.89. The Balaban J connectivity index is 2.07. The molecule has 6 nitrogen and oxygen atoms in total. The summed E-state index contributed by atoms with van der Waals surface area (Å²) in [6, 6.07) is 14.4. The molecular weight excluding hydrogens is 338 g/mol. The number of nitrogens with zero attached hydrogens (tertiary/aromatic N) is 1. The van der Waals surface area contributed by atoms with Crippen molar-refractivity contribution in [2.45, 2.75) is 13.1 Å². The van der Waals surface area contributed by atoms with E-state index in [-0.39, 0.29) is 5.91 Å². The van der Waals surface area contributed by atoms with Crippen molar-refractivity contribution in [3.63, 3.8) is 0 Å². The molecule has 0 radical (unpaired) electrons. The lowest BCUT2D eigenvalue weighted by atomic mass is 10.1. The van der Waals surface area contributed by atoms with Crippen LogP contribution >= 0.6 is 0 Å². The first-order valence-electron chi connectivity index (χ1n) is 7.82. The normalized spacial score (nSPS) is 11.4. The van der Waals surface area contributed by atoms with E-state index in [2.05, 4.69) is 14.9 Å². The predicted octanol–water partition coefficient (Wildman–Crippen LogP) is 2.05. The van der Waals surface area contributed by atoms with Gasteiger partial charge in [0.2, 0.25) is 10.0 Å². The second kappa shape index (κ2) is 8.13. The van der Waals surface area contributed by atoms with E-state index in [4.69, 9.17) is 0 Å². The zero-order chi connectivity index (χ0) is 18.4. The monoisotopic (exact) mass is 361 g/mol. The Kier molecular flexibility index (Phi) is 6.17. The number of benzene rings is 2. The lowest BCUT2D eigenvalue weighted by molar-refractivity contribution is 0.0951. The average Bonchev–Trinajstić information content (AvgIpc) is 2.52. The second-order valence-electron chi connectivity index (χ2n) is 6.14. The first-order chi connectivity index (χ1) is 11.7. The third kappa shape index (κ3) is 6.21. The van der Waals surface area contributed by atoms with Crippen LogP contribution in [0, 0.1) is 0 Å². The summed E-state index contributed by atoms with van der Waals surface area (Å²) in [5.74, 6) is -0.253. The number of carbonyl (C=O) groups excluding carboxylic acids is 1. The van der Waals surface area contributed by atoms with Crippen LogP contribution in [0.4, 0.5) is 5.69 Å². The molecule has 134 valence electrons. The maximum atomic E-state index is 12.4. The molecule has 2 N–H and O–H groups in total. The van der Waals surface area contributed by atoms with Gasteiger partial charge in [0, 0.05) is 24.3 Å². The van der Waals surface area contributed by atoms with Crippen molar-refractivity contribution < 1.29 is 13.2 Å². The molecular formula is C18H23N3O3S. The van der Waals surface area contributed by atoms with Crippen LogP contribution in [0.5, 0.6) is 0 Å². The first kappa shape index (κ1) is 19.0. The zero-order valence-electron chi connectivity index (χ0n) is 14.6. The van der Waals surface area contributed by atoms with Gasteiger partial charge in [-0.3, -0.25) is 9.52 Å². The van der Waals surface area contributed by atoms with Crippen LogP contribution in [0.2, 0.25) is 0 Å². The summed E-state index contributed by atoms with van der Waals surface area (Å²) in [6.07, 6.45) is 1.07. The Morgan fingerprint density at radius 3 is 2.36 bits per heavy atom. The summed E-state index contributed by atoms with van der Waals surface area (Å²) in [6.45, 7) is 1.20. The van der Waals surface area contributed by atoms with Crippen LogP contribution in [0.3, 0.4) is 0 Å². The smallest absolute Gasteiger partial charge is 0.251 e. The fourth-order valence-electron chi connectivity index (χ4n) is 2.44. The molecule has 0 saturated carbocycles. The van der Waals surface area contributed by atoms with Crippen molar-refractivity contribution in [1.82, 2.24) is 10.2 Å². The van der Waals surface area contributed by atoms with Gasteiger partial charge in [0.1, 0.15) is 0 Å². The molecule has 2 rings (SSSR count). The summed E-state index contributed by atoms with van der Waals surface area (Å²) in [5.41, 5.74) is 2.97. The summed E-state index contributed by atoms with van der Waals surface area (Å²) in [5, 5.41) is 2.88. The van der Waals surface area contributed by atoms with Crippen LogP contribution in [-0.4, -0.2) is 39.6 Å². The van der Waals surface area contributed by atoms with Gasteiger partial charge in [-0.1, -0.05) is 30.3 Å². The topological polar surface area (TPSA) is 78.5 Å². The highest BCUT2D eigenvalue weighted by Crippen LogP contribution is 2.13. The third-order valence-corrected chi connectivity index (χ3v) is 4.08. The summed E-state index contributed by atoms with van der Waals surface area (Å²) in [4.78, 5) is 14.4. The Morgan fingerprint density at radius 2 is 1.72 bits per heavy atom. The van der Waals surface area contributed by atoms with E-state index in [1.807, 2.05) is 38.4 Å². The van der Waals surface area contributed by atoms with E-state index >= 15 is 0 Å². The first-order valence-corrected chi connectivity index (χ1v) is 9.71. The van der Waals surface area contributed by atoms with Gasteiger partial charge in [0.25, 0.3) is 5.91 Å². The lowest BCUT2D eigenvalue weighted by Crippen LogP contribution is -2.24. The number of sulfonamides is 1. The third-order valence-electron chi connectivity index (χ3n) is 3.47. The molecule has 2 aromatic carbocycles. The Morgan fingerprint density at radius 1 is 1.04 bits per heavy atom. The van der Waals surface area contributed by atoms with Crippen molar-refractivity contribution in [2.75, 3.05) is 25.1 Å². The van der Waals surface area contributed by atoms with Crippen molar-refractivity contribution in [1.29, 1.82) is 0 Å². The molecule has 0 atom stereocenters. The Bertz CT molecular complexity index is 848. The number of anilines is 1. The summed E-state index contributed by atoms with van der Waals surface area (Å²) in [7, 11) is 0.613. The largest absolute Gasteiger partial charge is 0.348 e. The highest BCUT2D eigenvalue weighted by Gasteiger charge is 2.09. The molecule has 0 bridgehead atoms. The van der Waals surface area contributed by atoms with Gasteiger partial charge in [-0.05, 0) is 43.4 Å². The van der Waals surface area contributed by atoms with E-state index in [0.29, 0.717) is 17.8 Å². The number of rotatable bonds is 7. The van der Waals surface area contributed by atoms with Crippen LogP contribution in [0.1, 0.15) is 21.5 Å². The molecule has 25 heavy (non-hydrogen) atoms. The molecule has 0 aromatic heterocycles. The van der Waals surface area contributed by atoms with E-state index in [1.54, 1.807) is 18.2 Å². The van der Waals surface area contributed by atoms with E-state index in [9.17, 15) is 13.2 Å². The number of hydrogen-bond acceptors (Lipinski definition) is 4. The Labute approximate surface area is 148 Å². The summed E-state index contributed by atoms with van der Waals surface area (Å²) >= 11 is 0. The van der Waals surface area contributed by atoms with Gasteiger partial charge >= 0.3 is 0 Å². The molecule has 0 saturated heterocycles. The lowest BCUT2D eigenvalue weighted by Gasteiger charge is -2.15. The number of hydrogen-bond donors (Lipinski definition) is 2. The summed E-state index contributed by atoms with van der Waals surface area (Å²) < 4.78 is 25.0. The molecule has 0 unspecified atom stereocenters. The molecule has 2 aromatic rings. The molecule has 0 aliphatic heterocycles. The minimum Gasteiger partial charge on any atom is -0.348 e. The average molecular weight is 361 g/mol. The predicted molar refractivity (Wildman–Crippen MR) is 99.9 cm³/mol. The standard InChI is InChI=1S/C18H23N3O3S/c1-21(2)13-16-8-5-4-7-15(16)12-19-18(22)14-9-6-10-17(11-14)20-25(3,23)24/h4-11,20H,12-13H2,1-3H3,(H,19,22). The maximum absolute atomic E-state index is 12.4. The molecule has 0 fully saturated rings. The van der Waals surface area contributed by atoms with Crippen LogP contribution in [0.25, 0.3) is 0 Å². The van der Waals surface area contributed by atoms with Crippen LogP contribution in [0.15, 0.2) is 48.5 Å². The van der Waals surface area contributed by atoms with Gasteiger partial charge in [-0.15, -0.1) is 0 Å². The van der Waals surface area contributed by atoms with Crippen LogP contribution < -0.4 is 10.0 Å². The number of carbonyl (C=O) groups is 1. The SMILES string of the molecule is CN(C)Cc1ccccc1CNC(=O)c1cccc(NS(C)(=O)=O)c1. The highest BCUT2D eigenvalue weighted by atomic mass is 32.2. The molecule has 0 spiro atoms. The van der Waals surface area contributed by atoms with Crippen molar-refractivity contribution in [3.8, 4) is 0 Å². The minimum absolute atomic E-state index is 0.253. The van der Waals surface area contributed by atoms with Gasteiger partial charge < -0.3 is 10.2 Å². The number of amides is 1. The van der Waals surface area contributed by atoms with Crippen molar-refractivity contribution in [2.24, 2.45) is 0 Å².